The van der Waals surface area contributed by atoms with Crippen molar-refractivity contribution in [3.8, 4) is 6.07 Å². The maximum absolute atomic E-state index is 14.5. The van der Waals surface area contributed by atoms with Crippen molar-refractivity contribution in [1.82, 2.24) is 4.98 Å². The van der Waals surface area contributed by atoms with Crippen LogP contribution in [0.2, 0.25) is 5.02 Å². The van der Waals surface area contributed by atoms with Crippen LogP contribution in [0.25, 0.3) is 17.0 Å². The van der Waals surface area contributed by atoms with Crippen molar-refractivity contribution in [3.05, 3.63) is 64.3 Å². The molecule has 0 aliphatic carbocycles. The molecule has 0 saturated heterocycles. The molecule has 0 radical (unpaired) electrons. The fourth-order valence-corrected chi connectivity index (χ4v) is 6.16. The summed E-state index contributed by atoms with van der Waals surface area (Å²) in [6.07, 6.45) is 2.98. The van der Waals surface area contributed by atoms with E-state index >= 15 is 0 Å². The third-order valence-electron chi connectivity index (χ3n) is 4.59. The second-order valence-corrected chi connectivity index (χ2v) is 9.55. The largest absolute Gasteiger partial charge is 0.461 e. The van der Waals surface area contributed by atoms with Crippen LogP contribution in [0.3, 0.4) is 0 Å². The van der Waals surface area contributed by atoms with Crippen LogP contribution in [0.1, 0.15) is 35.5 Å². The fraction of sp³-hybridized carbons (Fsp3) is 0.217. The third-order valence-corrected chi connectivity index (χ3v) is 7.44. The Morgan fingerprint density at radius 2 is 2.00 bits per heavy atom. The number of H-pyrrole nitrogens is 1. The number of ether oxygens (including phenoxy) is 1. The van der Waals surface area contributed by atoms with Gasteiger partial charge in [0.25, 0.3) is 7.37 Å². The molecule has 3 aromatic rings. The van der Waals surface area contributed by atoms with Gasteiger partial charge in [0.15, 0.2) is 0 Å². The Morgan fingerprint density at radius 3 is 2.68 bits per heavy atom. The number of nitriles is 1. The number of aromatic nitrogens is 1. The Balaban J connectivity index is 2.37. The smallest absolute Gasteiger partial charge is 0.355 e. The molecule has 160 valence electrons. The van der Waals surface area contributed by atoms with E-state index in [1.165, 1.54) is 6.08 Å². The topological polar surface area (TPSA) is 92.2 Å². The van der Waals surface area contributed by atoms with Gasteiger partial charge in [-0.05, 0) is 68.3 Å². The van der Waals surface area contributed by atoms with E-state index in [1.54, 1.807) is 50.3 Å². The summed E-state index contributed by atoms with van der Waals surface area (Å²) in [5.74, 6) is -0.623. The van der Waals surface area contributed by atoms with Gasteiger partial charge in [-0.3, -0.25) is 4.57 Å². The van der Waals surface area contributed by atoms with Crippen molar-refractivity contribution in [3.63, 3.8) is 0 Å². The fourth-order valence-electron chi connectivity index (χ4n) is 3.45. The minimum absolute atomic E-state index is 0.0755. The zero-order valence-corrected chi connectivity index (χ0v) is 19.1. The van der Waals surface area contributed by atoms with E-state index in [1.807, 2.05) is 19.1 Å². The first-order valence-electron chi connectivity index (χ1n) is 9.76. The number of hydrogen-bond donors (Lipinski definition) is 1. The van der Waals surface area contributed by atoms with Crippen LogP contribution < -0.4 is 10.6 Å². The molecule has 6 nitrogen and oxygen atoms in total. The van der Waals surface area contributed by atoms with Gasteiger partial charge in [-0.25, -0.2) is 4.79 Å². The van der Waals surface area contributed by atoms with Gasteiger partial charge in [-0.15, -0.1) is 0 Å². The first-order valence-corrected chi connectivity index (χ1v) is 11.8. The normalized spacial score (nSPS) is 13.3. The number of allylic oxidation sites excluding steroid dienone is 1. The minimum atomic E-state index is -3.75. The van der Waals surface area contributed by atoms with E-state index in [9.17, 15) is 9.36 Å². The lowest BCUT2D eigenvalue weighted by Crippen LogP contribution is -2.24. The monoisotopic (exact) mass is 456 g/mol. The molecule has 1 atom stereocenters. The highest BCUT2D eigenvalue weighted by Crippen LogP contribution is 2.48. The van der Waals surface area contributed by atoms with Crippen molar-refractivity contribution >= 4 is 52.5 Å². The average Bonchev–Trinajstić information content (AvgIpc) is 3.11. The molecule has 0 amide bonds. The summed E-state index contributed by atoms with van der Waals surface area (Å²) in [5.41, 5.74) is 2.21. The van der Waals surface area contributed by atoms with E-state index < -0.39 is 13.3 Å². The number of halogens is 1. The number of carbonyl (C=O) groups excluding carboxylic acids is 1. The molecule has 2 aromatic carbocycles. The summed E-state index contributed by atoms with van der Waals surface area (Å²) in [6.45, 7) is 5.63. The number of aromatic amines is 1. The zero-order chi connectivity index (χ0) is 22.6. The van der Waals surface area contributed by atoms with Crippen molar-refractivity contribution < 1.29 is 18.6 Å². The lowest BCUT2D eigenvalue weighted by atomic mass is 10.1. The zero-order valence-electron chi connectivity index (χ0n) is 17.4. The summed E-state index contributed by atoms with van der Waals surface area (Å²) >= 11 is 6.22. The van der Waals surface area contributed by atoms with Crippen LogP contribution in [-0.2, 0) is 13.8 Å². The number of nitrogens with zero attached hydrogens (tertiary/aromatic N) is 1. The van der Waals surface area contributed by atoms with Gasteiger partial charge >= 0.3 is 5.97 Å². The van der Waals surface area contributed by atoms with Gasteiger partial charge < -0.3 is 14.2 Å². The van der Waals surface area contributed by atoms with Crippen LogP contribution in [0.5, 0.6) is 0 Å². The molecular formula is C23H22ClN2O4P. The third kappa shape index (κ3) is 4.60. The SMILES string of the molecule is CCOC(=O)c1[nH]c2ccc(Cl)cc2c1P(=O)(OCC)c1cc(C)cc(C=CC#N)c1. The van der Waals surface area contributed by atoms with E-state index in [2.05, 4.69) is 4.98 Å². The molecule has 1 heterocycles. The molecule has 31 heavy (non-hydrogen) atoms. The highest BCUT2D eigenvalue weighted by Gasteiger charge is 2.37. The molecule has 8 heteroatoms. The Hall–Kier alpha value is -2.84. The molecule has 0 saturated carbocycles. The van der Waals surface area contributed by atoms with Crippen molar-refractivity contribution in [2.75, 3.05) is 13.2 Å². The van der Waals surface area contributed by atoms with Crippen LogP contribution in [0.15, 0.2) is 42.5 Å². The Kier molecular flexibility index (Phi) is 7.02. The minimum Gasteiger partial charge on any atom is -0.461 e. The molecule has 1 unspecified atom stereocenters. The second kappa shape index (κ2) is 9.53. The van der Waals surface area contributed by atoms with Crippen LogP contribution >= 0.6 is 19.0 Å². The van der Waals surface area contributed by atoms with Crippen molar-refractivity contribution in [2.24, 2.45) is 0 Å². The molecule has 1 N–H and O–H groups in total. The van der Waals surface area contributed by atoms with Crippen molar-refractivity contribution in [1.29, 1.82) is 5.26 Å². The molecule has 0 fully saturated rings. The number of hydrogen-bond acceptors (Lipinski definition) is 5. The molecular weight excluding hydrogens is 435 g/mol. The highest BCUT2D eigenvalue weighted by molar-refractivity contribution is 7.75. The second-order valence-electron chi connectivity index (χ2n) is 6.79. The van der Waals surface area contributed by atoms with Crippen LogP contribution in [0.4, 0.5) is 0 Å². The summed E-state index contributed by atoms with van der Waals surface area (Å²) in [4.78, 5) is 15.8. The van der Waals surface area contributed by atoms with E-state index in [0.717, 1.165) is 5.56 Å². The number of aryl methyl sites for hydroxylation is 1. The maximum Gasteiger partial charge on any atom is 0.355 e. The van der Waals surface area contributed by atoms with E-state index in [-0.39, 0.29) is 24.2 Å². The molecule has 0 bridgehead atoms. The van der Waals surface area contributed by atoms with Crippen molar-refractivity contribution in [2.45, 2.75) is 20.8 Å². The van der Waals surface area contributed by atoms with E-state index in [0.29, 0.717) is 26.8 Å². The Bertz CT molecular complexity index is 1260. The molecule has 0 aliphatic heterocycles. The number of benzene rings is 2. The lowest BCUT2D eigenvalue weighted by Gasteiger charge is -2.20. The van der Waals surface area contributed by atoms with Gasteiger partial charge in [-0.2, -0.15) is 5.26 Å². The molecule has 0 aliphatic rings. The van der Waals surface area contributed by atoms with E-state index in [4.69, 9.17) is 26.1 Å². The van der Waals surface area contributed by atoms with Gasteiger partial charge in [-0.1, -0.05) is 17.7 Å². The van der Waals surface area contributed by atoms with Gasteiger partial charge in [0.2, 0.25) is 0 Å². The Morgan fingerprint density at radius 1 is 1.23 bits per heavy atom. The maximum atomic E-state index is 14.5. The first kappa shape index (κ1) is 22.8. The molecule has 3 rings (SSSR count). The quantitative estimate of drug-likeness (QED) is 0.303. The number of rotatable bonds is 7. The summed E-state index contributed by atoms with van der Waals surface area (Å²) in [7, 11) is -3.75. The number of esters is 1. The molecule has 1 aromatic heterocycles. The summed E-state index contributed by atoms with van der Waals surface area (Å²) in [5, 5.41) is 10.5. The predicted octanol–water partition coefficient (Wildman–Crippen LogP) is 5.11. The highest BCUT2D eigenvalue weighted by atomic mass is 35.5. The number of nitrogens with one attached hydrogen (secondary N) is 1. The van der Waals surface area contributed by atoms with Gasteiger partial charge in [0.1, 0.15) is 5.69 Å². The number of carbonyl (C=O) groups is 1. The lowest BCUT2D eigenvalue weighted by molar-refractivity contribution is 0.0522. The van der Waals surface area contributed by atoms with Crippen LogP contribution in [-0.4, -0.2) is 24.2 Å². The standard InChI is InChI=1S/C23H22ClN2O4P/c1-4-29-23(27)21-22(19-14-17(24)8-9-20(19)26-21)31(28,30-5-2)18-12-15(3)11-16(13-18)7-6-10-25/h6-9,11-14,26H,4-5H2,1-3H3. The predicted molar refractivity (Wildman–Crippen MR) is 124 cm³/mol. The van der Waals surface area contributed by atoms with Gasteiger partial charge in [0.05, 0.1) is 24.6 Å². The first-order chi connectivity index (χ1) is 14.8. The summed E-state index contributed by atoms with van der Waals surface area (Å²) < 4.78 is 25.6. The van der Waals surface area contributed by atoms with Crippen LogP contribution in [0, 0.1) is 18.3 Å². The number of fused-ring (bicyclic) bond motifs is 1. The average molecular weight is 457 g/mol. The summed E-state index contributed by atoms with van der Waals surface area (Å²) in [6, 6.07) is 12.3. The Labute approximate surface area is 185 Å². The molecule has 0 spiro atoms. The van der Waals surface area contributed by atoms with Gasteiger partial charge in [0, 0.05) is 27.3 Å².